The fourth-order valence-corrected chi connectivity index (χ4v) is 6.33. The van der Waals surface area contributed by atoms with Crippen LogP contribution in [0.15, 0.2) is 91.0 Å². The Balaban J connectivity index is 1.59. The topological polar surface area (TPSA) is 41.6 Å². The zero-order chi connectivity index (χ0) is 26.0. The van der Waals surface area contributed by atoms with E-state index in [0.717, 1.165) is 16.7 Å². The van der Waals surface area contributed by atoms with Crippen LogP contribution >= 0.6 is 0 Å². The van der Waals surface area contributed by atoms with Crippen molar-refractivity contribution in [2.45, 2.75) is 76.1 Å². The molecule has 2 aliphatic heterocycles. The molecule has 0 radical (unpaired) electrons. The molecular formula is C32H37FN2O2. The van der Waals surface area contributed by atoms with Crippen molar-refractivity contribution in [1.29, 1.82) is 0 Å². The fourth-order valence-electron chi connectivity index (χ4n) is 6.33. The number of alkyl halides is 1. The number of esters is 1. The number of hydrogen-bond acceptors (Lipinski definition) is 4. The highest BCUT2D eigenvalue weighted by atomic mass is 19.1. The molecule has 0 aromatic heterocycles. The van der Waals surface area contributed by atoms with Crippen molar-refractivity contribution < 1.29 is 13.9 Å². The number of benzene rings is 3. The Labute approximate surface area is 219 Å². The molecule has 5 heteroatoms. The lowest BCUT2D eigenvalue weighted by molar-refractivity contribution is -0.161. The molecule has 2 aliphatic rings. The van der Waals surface area contributed by atoms with E-state index in [1.54, 1.807) is 0 Å². The van der Waals surface area contributed by atoms with Gasteiger partial charge in [-0.25, -0.2) is 4.39 Å². The minimum Gasteiger partial charge on any atom is -0.460 e. The van der Waals surface area contributed by atoms with Gasteiger partial charge in [0, 0.05) is 19.1 Å². The number of halogens is 1. The van der Waals surface area contributed by atoms with Gasteiger partial charge in [-0.1, -0.05) is 91.0 Å². The highest BCUT2D eigenvalue weighted by Crippen LogP contribution is 2.55. The molecule has 1 N–H and O–H groups in total. The highest BCUT2D eigenvalue weighted by molar-refractivity contribution is 5.75. The second-order valence-electron chi connectivity index (χ2n) is 11.4. The van der Waals surface area contributed by atoms with Gasteiger partial charge >= 0.3 is 5.97 Å². The highest BCUT2D eigenvalue weighted by Gasteiger charge is 2.64. The molecule has 194 valence electrons. The van der Waals surface area contributed by atoms with Gasteiger partial charge in [0.1, 0.15) is 11.8 Å². The van der Waals surface area contributed by atoms with Gasteiger partial charge in [-0.15, -0.1) is 0 Å². The molecule has 5 rings (SSSR count). The molecule has 0 amide bonds. The summed E-state index contributed by atoms with van der Waals surface area (Å²) in [6.45, 7) is 6.87. The molecule has 3 aromatic rings. The van der Waals surface area contributed by atoms with Gasteiger partial charge in [-0.2, -0.15) is 0 Å². The van der Waals surface area contributed by atoms with Crippen LogP contribution in [0.5, 0.6) is 0 Å². The van der Waals surface area contributed by atoms with Crippen LogP contribution in [0.1, 0.15) is 50.3 Å². The molecule has 2 fully saturated rings. The van der Waals surface area contributed by atoms with Gasteiger partial charge in [0.2, 0.25) is 0 Å². The minimum absolute atomic E-state index is 0.232. The van der Waals surface area contributed by atoms with Crippen LogP contribution in [-0.2, 0) is 28.2 Å². The van der Waals surface area contributed by atoms with E-state index in [1.165, 1.54) is 0 Å². The number of carbonyl (C=O) groups is 1. The summed E-state index contributed by atoms with van der Waals surface area (Å²) in [6, 6.07) is 29.8. The lowest BCUT2D eigenvalue weighted by Crippen LogP contribution is -2.64. The monoisotopic (exact) mass is 500 g/mol. The van der Waals surface area contributed by atoms with Crippen molar-refractivity contribution in [3.63, 3.8) is 0 Å². The van der Waals surface area contributed by atoms with E-state index in [2.05, 4.69) is 46.6 Å². The fraction of sp³-hybridized carbons (Fsp3) is 0.406. The first-order chi connectivity index (χ1) is 17.8. The number of hydrogen-bond donors (Lipinski definition) is 1. The summed E-state index contributed by atoms with van der Waals surface area (Å²) < 4.78 is 22.2. The number of piperidine rings is 1. The predicted molar refractivity (Wildman–Crippen MR) is 144 cm³/mol. The third-order valence-electron chi connectivity index (χ3n) is 7.80. The van der Waals surface area contributed by atoms with Crippen LogP contribution in [0.4, 0.5) is 4.39 Å². The second kappa shape index (κ2) is 10.4. The van der Waals surface area contributed by atoms with Crippen molar-refractivity contribution in [3.05, 3.63) is 108 Å². The molecule has 0 aliphatic carbocycles. The average Bonchev–Trinajstić information content (AvgIpc) is 3.12. The van der Waals surface area contributed by atoms with Crippen LogP contribution in [0.2, 0.25) is 0 Å². The maximum absolute atomic E-state index is 16.3. The SMILES string of the molecule is CC(C)(C)OC(=O)[C@@H]1C[C@@]2(c3ccccc3)[C@@H](NCc3ccccc3)[C@@H](F)C[C@@H]1N2Cc1ccccc1. The van der Waals surface area contributed by atoms with E-state index in [4.69, 9.17) is 4.74 Å². The van der Waals surface area contributed by atoms with Crippen LogP contribution in [0.25, 0.3) is 0 Å². The Morgan fingerprint density at radius 2 is 1.51 bits per heavy atom. The van der Waals surface area contributed by atoms with E-state index < -0.39 is 29.3 Å². The molecule has 37 heavy (non-hydrogen) atoms. The first-order valence-electron chi connectivity index (χ1n) is 13.3. The van der Waals surface area contributed by atoms with Crippen molar-refractivity contribution in [1.82, 2.24) is 10.2 Å². The average molecular weight is 501 g/mol. The Morgan fingerprint density at radius 3 is 2.11 bits per heavy atom. The van der Waals surface area contributed by atoms with E-state index in [1.807, 2.05) is 75.4 Å². The van der Waals surface area contributed by atoms with E-state index in [-0.39, 0.29) is 18.4 Å². The zero-order valence-electron chi connectivity index (χ0n) is 21.9. The summed E-state index contributed by atoms with van der Waals surface area (Å²) in [5, 5.41) is 3.61. The summed E-state index contributed by atoms with van der Waals surface area (Å²) in [5.41, 5.74) is 2.00. The van der Waals surface area contributed by atoms with Crippen LogP contribution in [0.3, 0.4) is 0 Å². The molecule has 5 atom stereocenters. The third-order valence-corrected chi connectivity index (χ3v) is 7.80. The molecule has 2 heterocycles. The van der Waals surface area contributed by atoms with Crippen LogP contribution < -0.4 is 5.32 Å². The molecule has 0 unspecified atom stereocenters. The summed E-state index contributed by atoms with van der Waals surface area (Å²) in [5.74, 6) is -0.644. The summed E-state index contributed by atoms with van der Waals surface area (Å²) in [7, 11) is 0. The predicted octanol–water partition coefficient (Wildman–Crippen LogP) is 6.01. The summed E-state index contributed by atoms with van der Waals surface area (Å²) in [4.78, 5) is 16.0. The van der Waals surface area contributed by atoms with Gasteiger partial charge in [0.25, 0.3) is 0 Å². The standard InChI is InChI=1S/C32H37FN2O2/c1-31(2,3)37-30(36)26-20-32(25-17-11-6-12-18-25)29(34-21-23-13-7-4-8-14-23)27(33)19-28(26)35(32)22-24-15-9-5-10-16-24/h4-18,26-29,34H,19-22H2,1-3H3/t26-,27+,28+,29+,32-/m1/s1. The Bertz CT molecular complexity index is 1180. The molecule has 2 saturated heterocycles. The largest absolute Gasteiger partial charge is 0.460 e. The summed E-state index contributed by atoms with van der Waals surface area (Å²) in [6.07, 6.45) is -0.304. The van der Waals surface area contributed by atoms with E-state index in [0.29, 0.717) is 19.5 Å². The van der Waals surface area contributed by atoms with Gasteiger partial charge in [-0.05, 0) is 50.3 Å². The molecule has 2 bridgehead atoms. The lowest BCUT2D eigenvalue weighted by atomic mass is 9.75. The quantitative estimate of drug-likeness (QED) is 0.403. The number of fused-ring (bicyclic) bond motifs is 2. The van der Waals surface area contributed by atoms with Gasteiger partial charge < -0.3 is 10.1 Å². The van der Waals surface area contributed by atoms with Crippen molar-refractivity contribution in [3.8, 4) is 0 Å². The molecular weight excluding hydrogens is 463 g/mol. The molecule has 0 saturated carbocycles. The van der Waals surface area contributed by atoms with Gasteiger partial charge in [0.05, 0.1) is 17.5 Å². The minimum atomic E-state index is -1.10. The lowest BCUT2D eigenvalue weighted by Gasteiger charge is -2.52. The van der Waals surface area contributed by atoms with Crippen molar-refractivity contribution in [2.24, 2.45) is 5.92 Å². The first-order valence-corrected chi connectivity index (χ1v) is 13.3. The van der Waals surface area contributed by atoms with Crippen molar-refractivity contribution in [2.75, 3.05) is 0 Å². The first kappa shape index (κ1) is 25.6. The Kier molecular flexibility index (Phi) is 7.19. The molecule has 0 spiro atoms. The van der Waals surface area contributed by atoms with Gasteiger partial charge in [-0.3, -0.25) is 9.69 Å². The van der Waals surface area contributed by atoms with Gasteiger partial charge in [0.15, 0.2) is 0 Å². The number of carbonyl (C=O) groups excluding carboxylic acids is 1. The number of ether oxygens (including phenoxy) is 1. The third kappa shape index (κ3) is 5.21. The molecule has 3 aromatic carbocycles. The van der Waals surface area contributed by atoms with E-state index in [9.17, 15) is 4.79 Å². The Hall–Kier alpha value is -3.02. The molecule has 4 nitrogen and oxygen atoms in total. The number of rotatable bonds is 7. The maximum Gasteiger partial charge on any atom is 0.311 e. The number of nitrogens with zero attached hydrogens (tertiary/aromatic N) is 1. The smallest absolute Gasteiger partial charge is 0.311 e. The maximum atomic E-state index is 16.3. The second-order valence-corrected chi connectivity index (χ2v) is 11.4. The van der Waals surface area contributed by atoms with Crippen LogP contribution in [-0.4, -0.2) is 34.7 Å². The number of nitrogens with one attached hydrogen (secondary N) is 1. The zero-order valence-corrected chi connectivity index (χ0v) is 21.9. The summed E-state index contributed by atoms with van der Waals surface area (Å²) >= 11 is 0. The normalized spacial score (nSPS) is 27.7. The van der Waals surface area contributed by atoms with E-state index >= 15 is 4.39 Å². The van der Waals surface area contributed by atoms with Crippen molar-refractivity contribution >= 4 is 5.97 Å². The van der Waals surface area contributed by atoms with Crippen LogP contribution in [0, 0.1) is 5.92 Å². The Morgan fingerprint density at radius 1 is 0.946 bits per heavy atom.